The molecule has 0 aliphatic heterocycles. The lowest BCUT2D eigenvalue weighted by Gasteiger charge is -2.29. The molecule has 0 aliphatic carbocycles. The Morgan fingerprint density at radius 3 is 2.76 bits per heavy atom. The molecule has 0 heterocycles. The van der Waals surface area contributed by atoms with Gasteiger partial charge in [0.05, 0.1) is 12.7 Å². The summed E-state index contributed by atoms with van der Waals surface area (Å²) in [6.45, 7) is 6.57. The highest BCUT2D eigenvalue weighted by Gasteiger charge is 2.34. The number of likely N-dealkylation sites (N-methyl/N-ethyl adjacent to an activating group) is 1. The smallest absolute Gasteiger partial charge is 0.323 e. The first-order valence-corrected chi connectivity index (χ1v) is 7.14. The Balaban J connectivity index is 2.69. The summed E-state index contributed by atoms with van der Waals surface area (Å²) in [5.41, 5.74) is 0.0352. The molecule has 0 bridgehead atoms. The lowest BCUT2D eigenvalue weighted by atomic mass is 9.95. The summed E-state index contributed by atoms with van der Waals surface area (Å²) >= 11 is 0. The lowest BCUT2D eigenvalue weighted by molar-refractivity contribution is -0.145. The van der Waals surface area contributed by atoms with Gasteiger partial charge >= 0.3 is 5.97 Å². The van der Waals surface area contributed by atoms with E-state index in [2.05, 4.69) is 5.32 Å². The van der Waals surface area contributed by atoms with Gasteiger partial charge in [-0.2, -0.15) is 0 Å². The highest BCUT2D eigenvalue weighted by atomic mass is 16.5. The summed E-state index contributed by atoms with van der Waals surface area (Å²) < 4.78 is 10.9. The molecular formula is C16H25NO4. The number of nitrogens with one attached hydrogen (secondary N) is 1. The Morgan fingerprint density at radius 1 is 1.48 bits per heavy atom. The van der Waals surface area contributed by atoms with E-state index in [1.54, 1.807) is 14.0 Å². The van der Waals surface area contributed by atoms with Gasteiger partial charge in [-0.15, -0.1) is 0 Å². The van der Waals surface area contributed by atoms with Crippen LogP contribution in [0.3, 0.4) is 0 Å². The number of methoxy groups -OCH3 is 1. The fourth-order valence-corrected chi connectivity index (χ4v) is 2.35. The number of hydrogen-bond donors (Lipinski definition) is 2. The molecule has 5 nitrogen and oxygen atoms in total. The van der Waals surface area contributed by atoms with E-state index >= 15 is 0 Å². The van der Waals surface area contributed by atoms with Crippen molar-refractivity contribution in [3.8, 4) is 5.75 Å². The van der Waals surface area contributed by atoms with Crippen LogP contribution in [0.5, 0.6) is 5.75 Å². The molecule has 0 fully saturated rings. The summed E-state index contributed by atoms with van der Waals surface area (Å²) in [7, 11) is 1.64. The summed E-state index contributed by atoms with van der Waals surface area (Å²) in [6, 6.07) is 7.63. The number of carbonyl (C=O) groups is 1. The minimum absolute atomic E-state index is 0.219. The highest BCUT2D eigenvalue weighted by molar-refractivity contribution is 5.78. The molecule has 0 saturated carbocycles. The van der Waals surface area contributed by atoms with Crippen LogP contribution >= 0.6 is 0 Å². The van der Waals surface area contributed by atoms with Crippen molar-refractivity contribution in [2.45, 2.75) is 45.4 Å². The Hall–Kier alpha value is -1.59. The van der Waals surface area contributed by atoms with Gasteiger partial charge in [-0.3, -0.25) is 4.79 Å². The fraction of sp³-hybridized carbons (Fsp3) is 0.562. The zero-order valence-electron chi connectivity index (χ0n) is 13.2. The summed E-state index contributed by atoms with van der Waals surface area (Å²) in [6.07, 6.45) is 0.160. The predicted molar refractivity (Wildman–Crippen MR) is 81.6 cm³/mol. The van der Waals surface area contributed by atoms with Crippen LogP contribution < -0.4 is 10.1 Å². The number of benzene rings is 1. The van der Waals surface area contributed by atoms with Gasteiger partial charge in [-0.1, -0.05) is 19.1 Å². The number of aliphatic carboxylic acids is 1. The maximum absolute atomic E-state index is 11.4. The van der Waals surface area contributed by atoms with Crippen molar-refractivity contribution in [2.24, 2.45) is 0 Å². The highest BCUT2D eigenvalue weighted by Crippen LogP contribution is 2.20. The van der Waals surface area contributed by atoms with E-state index in [1.807, 2.05) is 38.1 Å². The SMILES string of the molecule is CCNC(C)(CC(C)Oc1cccc(COC)c1)C(=O)O. The van der Waals surface area contributed by atoms with Crippen LogP contribution in [0.1, 0.15) is 32.8 Å². The monoisotopic (exact) mass is 295 g/mol. The summed E-state index contributed by atoms with van der Waals surface area (Å²) in [5.74, 6) is -0.144. The van der Waals surface area contributed by atoms with Gasteiger partial charge in [0.2, 0.25) is 0 Å². The molecule has 2 atom stereocenters. The molecule has 0 spiro atoms. The van der Waals surface area contributed by atoms with Crippen LogP contribution in [0.25, 0.3) is 0 Å². The van der Waals surface area contributed by atoms with Gasteiger partial charge < -0.3 is 19.9 Å². The standard InChI is InChI=1S/C16H25NO4/c1-5-17-16(3,15(18)19)10-12(2)21-14-8-6-7-13(9-14)11-20-4/h6-9,12,17H,5,10-11H2,1-4H3,(H,18,19). The molecule has 0 aliphatic rings. The van der Waals surface area contributed by atoms with Crippen LogP contribution in [0.2, 0.25) is 0 Å². The van der Waals surface area contributed by atoms with Crippen LogP contribution in [0.4, 0.5) is 0 Å². The second-order valence-corrected chi connectivity index (χ2v) is 5.38. The average molecular weight is 295 g/mol. The third-order valence-corrected chi connectivity index (χ3v) is 3.28. The zero-order chi connectivity index (χ0) is 15.9. The van der Waals surface area contributed by atoms with Crippen LogP contribution in [0, 0.1) is 0 Å². The van der Waals surface area contributed by atoms with Crippen molar-refractivity contribution in [2.75, 3.05) is 13.7 Å². The van der Waals surface area contributed by atoms with E-state index in [0.29, 0.717) is 19.6 Å². The number of carboxylic acids is 1. The van der Waals surface area contributed by atoms with Gasteiger partial charge in [0.15, 0.2) is 0 Å². The molecule has 21 heavy (non-hydrogen) atoms. The molecule has 0 aromatic heterocycles. The van der Waals surface area contributed by atoms with E-state index in [0.717, 1.165) is 11.3 Å². The largest absolute Gasteiger partial charge is 0.491 e. The first-order chi connectivity index (χ1) is 9.91. The van der Waals surface area contributed by atoms with E-state index in [1.165, 1.54) is 0 Å². The predicted octanol–water partition coefficient (Wildman–Crippen LogP) is 2.44. The third-order valence-electron chi connectivity index (χ3n) is 3.28. The molecule has 118 valence electrons. The van der Waals surface area contributed by atoms with Crippen molar-refractivity contribution in [1.29, 1.82) is 0 Å². The molecular weight excluding hydrogens is 270 g/mol. The first kappa shape index (κ1) is 17.5. The van der Waals surface area contributed by atoms with Gasteiger partial charge in [0.1, 0.15) is 11.3 Å². The van der Waals surface area contributed by atoms with Crippen LogP contribution in [-0.4, -0.2) is 36.4 Å². The molecule has 1 aromatic rings. The fourth-order valence-electron chi connectivity index (χ4n) is 2.35. The van der Waals surface area contributed by atoms with Crippen molar-refractivity contribution >= 4 is 5.97 Å². The summed E-state index contributed by atoms with van der Waals surface area (Å²) in [4.78, 5) is 11.4. The first-order valence-electron chi connectivity index (χ1n) is 7.14. The van der Waals surface area contributed by atoms with E-state index in [-0.39, 0.29) is 6.10 Å². The lowest BCUT2D eigenvalue weighted by Crippen LogP contribution is -2.51. The number of carboxylic acid groups (broad SMARTS) is 1. The maximum atomic E-state index is 11.4. The molecule has 2 N–H and O–H groups in total. The van der Waals surface area contributed by atoms with Gasteiger partial charge in [-0.05, 0) is 38.1 Å². The Labute approximate surface area is 126 Å². The molecule has 1 rings (SSSR count). The third kappa shape index (κ3) is 5.36. The normalized spacial score (nSPS) is 15.2. The van der Waals surface area contributed by atoms with Crippen LogP contribution in [-0.2, 0) is 16.1 Å². The number of rotatable bonds is 9. The average Bonchev–Trinajstić information content (AvgIpc) is 2.39. The second-order valence-electron chi connectivity index (χ2n) is 5.38. The Kier molecular flexibility index (Phi) is 6.65. The van der Waals surface area contributed by atoms with Crippen molar-refractivity contribution in [1.82, 2.24) is 5.32 Å². The van der Waals surface area contributed by atoms with E-state index in [9.17, 15) is 9.90 Å². The molecule has 0 amide bonds. The molecule has 2 unspecified atom stereocenters. The van der Waals surface area contributed by atoms with Gasteiger partial charge in [0, 0.05) is 13.5 Å². The molecule has 5 heteroatoms. The minimum atomic E-state index is -0.988. The van der Waals surface area contributed by atoms with E-state index < -0.39 is 11.5 Å². The molecule has 1 aromatic carbocycles. The topological polar surface area (TPSA) is 67.8 Å². The zero-order valence-corrected chi connectivity index (χ0v) is 13.2. The van der Waals surface area contributed by atoms with Crippen molar-refractivity contribution < 1.29 is 19.4 Å². The molecule has 0 radical (unpaired) electrons. The van der Waals surface area contributed by atoms with Gasteiger partial charge in [0.25, 0.3) is 0 Å². The van der Waals surface area contributed by atoms with Gasteiger partial charge in [-0.25, -0.2) is 0 Å². The van der Waals surface area contributed by atoms with Crippen molar-refractivity contribution in [3.05, 3.63) is 29.8 Å². The van der Waals surface area contributed by atoms with Crippen molar-refractivity contribution in [3.63, 3.8) is 0 Å². The molecule has 0 saturated heterocycles. The Morgan fingerprint density at radius 2 is 2.19 bits per heavy atom. The van der Waals surface area contributed by atoms with E-state index in [4.69, 9.17) is 9.47 Å². The second kappa shape index (κ2) is 8.00. The quantitative estimate of drug-likeness (QED) is 0.732. The Bertz CT molecular complexity index is 463. The summed E-state index contributed by atoms with van der Waals surface area (Å²) in [5, 5.41) is 12.4. The number of ether oxygens (including phenoxy) is 2. The van der Waals surface area contributed by atoms with Crippen LogP contribution in [0.15, 0.2) is 24.3 Å². The minimum Gasteiger partial charge on any atom is -0.491 e. The number of hydrogen-bond acceptors (Lipinski definition) is 4. The maximum Gasteiger partial charge on any atom is 0.323 e.